The number of hydrogen-bond donors (Lipinski definition) is 1. The maximum atomic E-state index is 13.6. The van der Waals surface area contributed by atoms with Crippen molar-refractivity contribution >= 4 is 11.7 Å². The molecule has 236 valence electrons. The Labute approximate surface area is 265 Å². The topological polar surface area (TPSA) is 84.5 Å². The van der Waals surface area contributed by atoms with E-state index >= 15 is 0 Å². The van der Waals surface area contributed by atoms with Crippen LogP contribution in [0.3, 0.4) is 0 Å². The quantitative estimate of drug-likeness (QED) is 0.160. The molecular weight excluding hydrogens is 570 g/mol. The molecule has 0 saturated carbocycles. The smallest absolute Gasteiger partial charge is 0.331 e. The molecule has 4 aromatic carbocycles. The molecule has 0 spiro atoms. The molecular formula is C37H41NO7. The second-order valence-electron chi connectivity index (χ2n) is 10.7. The first-order valence-corrected chi connectivity index (χ1v) is 15.3. The minimum absolute atomic E-state index is 0.207. The number of para-hydroxylation sites is 1. The molecule has 8 nitrogen and oxygen atoms in total. The van der Waals surface area contributed by atoms with Crippen molar-refractivity contribution in [3.05, 3.63) is 138 Å². The van der Waals surface area contributed by atoms with Gasteiger partial charge in [0, 0.05) is 12.8 Å². The zero-order chi connectivity index (χ0) is 31.3. The molecule has 1 saturated heterocycles. The molecule has 4 aromatic rings. The molecule has 45 heavy (non-hydrogen) atoms. The fourth-order valence-corrected chi connectivity index (χ4v) is 5.37. The van der Waals surface area contributed by atoms with Crippen molar-refractivity contribution in [3.8, 4) is 0 Å². The van der Waals surface area contributed by atoms with Crippen molar-refractivity contribution in [1.82, 2.24) is 0 Å². The Balaban J connectivity index is 1.52. The molecule has 5 rings (SSSR count). The van der Waals surface area contributed by atoms with Gasteiger partial charge >= 0.3 is 5.97 Å². The summed E-state index contributed by atoms with van der Waals surface area (Å²) >= 11 is 0. The van der Waals surface area contributed by atoms with E-state index in [9.17, 15) is 4.79 Å². The van der Waals surface area contributed by atoms with Crippen LogP contribution >= 0.6 is 0 Å². The monoisotopic (exact) mass is 611 g/mol. The van der Waals surface area contributed by atoms with Crippen LogP contribution in [-0.4, -0.2) is 56.4 Å². The van der Waals surface area contributed by atoms with Crippen LogP contribution in [0.25, 0.3) is 0 Å². The highest BCUT2D eigenvalue weighted by molar-refractivity contribution is 5.80. The fourth-order valence-electron chi connectivity index (χ4n) is 5.37. The first-order chi connectivity index (χ1) is 22.2. The molecule has 1 aliphatic rings. The molecule has 8 heteroatoms. The Morgan fingerprint density at radius 2 is 1.11 bits per heavy atom. The van der Waals surface area contributed by atoms with Gasteiger partial charge in [-0.1, -0.05) is 109 Å². The molecule has 1 fully saturated rings. The molecule has 1 heterocycles. The van der Waals surface area contributed by atoms with Gasteiger partial charge in [-0.15, -0.1) is 0 Å². The van der Waals surface area contributed by atoms with Crippen LogP contribution in [0.2, 0.25) is 0 Å². The van der Waals surface area contributed by atoms with Crippen molar-refractivity contribution in [2.24, 2.45) is 0 Å². The number of hydrogen-bond acceptors (Lipinski definition) is 8. The maximum absolute atomic E-state index is 13.6. The number of anilines is 1. The number of carbonyl (C=O) groups is 1. The fraction of sp³-hybridized carbons (Fsp3) is 0.324. The van der Waals surface area contributed by atoms with E-state index in [0.29, 0.717) is 13.2 Å². The standard InChI is InChI=1S/C37H41NO7/c1-3-41-36(39)31(38-30-22-14-7-15-23-30)32-33(42-24-27-16-8-4-9-17-27)34(43-25-28-18-10-5-11-19-28)35(37(40-2)45-32)44-26-29-20-12-6-13-21-29/h4-23,31-35,37-38H,3,24-26H2,1-2H3/t31?,32-,33-,34+,35-,37+/m1/s1. The van der Waals surface area contributed by atoms with Gasteiger partial charge in [0.2, 0.25) is 0 Å². The largest absolute Gasteiger partial charge is 0.464 e. The van der Waals surface area contributed by atoms with E-state index in [2.05, 4.69) is 5.32 Å². The first kappa shape index (κ1) is 32.3. The molecule has 0 radical (unpaired) electrons. The van der Waals surface area contributed by atoms with Crippen LogP contribution in [0.15, 0.2) is 121 Å². The SMILES string of the molecule is CCOC(=O)C(Nc1ccccc1)[C@H]1O[C@H](OC)[C@H](OCc2ccccc2)[C@@H](OCc2ccccc2)[C@@H]1OCc1ccccc1. The molecule has 0 amide bonds. The van der Waals surface area contributed by atoms with Crippen molar-refractivity contribution in [2.75, 3.05) is 19.0 Å². The summed E-state index contributed by atoms with van der Waals surface area (Å²) in [6.07, 6.45) is -3.86. The number of esters is 1. The summed E-state index contributed by atoms with van der Waals surface area (Å²) in [4.78, 5) is 13.6. The van der Waals surface area contributed by atoms with Gasteiger partial charge in [-0.2, -0.15) is 0 Å². The van der Waals surface area contributed by atoms with Gasteiger partial charge in [0.1, 0.15) is 24.4 Å². The molecule has 0 bridgehead atoms. The number of nitrogens with one attached hydrogen (secondary N) is 1. The lowest BCUT2D eigenvalue weighted by molar-refractivity contribution is -0.319. The summed E-state index contributed by atoms with van der Waals surface area (Å²) in [5, 5.41) is 3.34. The van der Waals surface area contributed by atoms with Gasteiger partial charge in [-0.3, -0.25) is 0 Å². The maximum Gasteiger partial charge on any atom is 0.331 e. The molecule has 6 atom stereocenters. The Morgan fingerprint density at radius 1 is 0.667 bits per heavy atom. The summed E-state index contributed by atoms with van der Waals surface area (Å²) in [5.74, 6) is -0.472. The number of carbonyl (C=O) groups excluding carboxylic acids is 1. The molecule has 1 unspecified atom stereocenters. The summed E-state index contributed by atoms with van der Waals surface area (Å²) in [7, 11) is 1.56. The Kier molecular flexibility index (Phi) is 12.1. The molecule has 0 aliphatic carbocycles. The number of rotatable bonds is 15. The van der Waals surface area contributed by atoms with Crippen molar-refractivity contribution in [2.45, 2.75) is 63.5 Å². The van der Waals surface area contributed by atoms with Gasteiger partial charge in [-0.05, 0) is 35.7 Å². The normalized spacial score (nSPS) is 22.0. The minimum Gasteiger partial charge on any atom is -0.464 e. The van der Waals surface area contributed by atoms with Crippen LogP contribution in [0.4, 0.5) is 5.69 Å². The second kappa shape index (κ2) is 16.9. The third kappa shape index (κ3) is 9.00. The van der Waals surface area contributed by atoms with Gasteiger partial charge in [0.25, 0.3) is 0 Å². The van der Waals surface area contributed by atoms with Crippen LogP contribution in [0.5, 0.6) is 0 Å². The summed E-state index contributed by atoms with van der Waals surface area (Å²) in [5.41, 5.74) is 3.69. The van der Waals surface area contributed by atoms with Crippen LogP contribution in [-0.2, 0) is 53.0 Å². The molecule has 0 aromatic heterocycles. The zero-order valence-corrected chi connectivity index (χ0v) is 25.7. The first-order valence-electron chi connectivity index (χ1n) is 15.3. The Hall–Kier alpha value is -4.05. The van der Waals surface area contributed by atoms with Crippen LogP contribution in [0, 0.1) is 0 Å². The van der Waals surface area contributed by atoms with E-state index in [4.69, 9.17) is 28.4 Å². The van der Waals surface area contributed by atoms with Gasteiger partial charge in [0.05, 0.1) is 26.4 Å². The third-order valence-corrected chi connectivity index (χ3v) is 7.58. The average molecular weight is 612 g/mol. The lowest BCUT2D eigenvalue weighted by atomic mass is 9.92. The van der Waals surface area contributed by atoms with Gasteiger partial charge in [0.15, 0.2) is 12.3 Å². The number of methoxy groups -OCH3 is 1. The highest BCUT2D eigenvalue weighted by atomic mass is 16.7. The van der Waals surface area contributed by atoms with Crippen molar-refractivity contribution < 1.29 is 33.2 Å². The Morgan fingerprint density at radius 3 is 1.58 bits per heavy atom. The van der Waals surface area contributed by atoms with E-state index in [-0.39, 0.29) is 13.2 Å². The highest BCUT2D eigenvalue weighted by Gasteiger charge is 2.53. The highest BCUT2D eigenvalue weighted by Crippen LogP contribution is 2.33. The van der Waals surface area contributed by atoms with Crippen molar-refractivity contribution in [3.63, 3.8) is 0 Å². The number of ether oxygens (including phenoxy) is 6. The molecule has 1 N–H and O–H groups in total. The minimum atomic E-state index is -0.941. The lowest BCUT2D eigenvalue weighted by Crippen LogP contribution is -2.65. The summed E-state index contributed by atoms with van der Waals surface area (Å²) < 4.78 is 37.9. The van der Waals surface area contributed by atoms with E-state index < -0.39 is 42.7 Å². The van der Waals surface area contributed by atoms with Crippen molar-refractivity contribution in [1.29, 1.82) is 0 Å². The predicted molar refractivity (Wildman–Crippen MR) is 171 cm³/mol. The summed E-state index contributed by atoms with van der Waals surface area (Å²) in [6, 6.07) is 38.2. The second-order valence-corrected chi connectivity index (χ2v) is 10.7. The van der Waals surface area contributed by atoms with E-state index in [0.717, 1.165) is 22.4 Å². The summed E-state index contributed by atoms with van der Waals surface area (Å²) in [6.45, 7) is 2.85. The third-order valence-electron chi connectivity index (χ3n) is 7.58. The van der Waals surface area contributed by atoms with E-state index in [1.54, 1.807) is 14.0 Å². The van der Waals surface area contributed by atoms with Crippen LogP contribution in [0.1, 0.15) is 23.6 Å². The van der Waals surface area contributed by atoms with Gasteiger partial charge in [-0.25, -0.2) is 4.79 Å². The lowest BCUT2D eigenvalue weighted by Gasteiger charge is -2.47. The Bertz CT molecular complexity index is 1410. The van der Waals surface area contributed by atoms with E-state index in [1.807, 2.05) is 121 Å². The van der Waals surface area contributed by atoms with E-state index in [1.165, 1.54) is 0 Å². The predicted octanol–water partition coefficient (Wildman–Crippen LogP) is 6.16. The zero-order valence-electron chi connectivity index (χ0n) is 25.7. The average Bonchev–Trinajstić information content (AvgIpc) is 3.09. The number of benzene rings is 4. The van der Waals surface area contributed by atoms with Crippen LogP contribution < -0.4 is 5.32 Å². The molecule has 1 aliphatic heterocycles. The van der Waals surface area contributed by atoms with Gasteiger partial charge < -0.3 is 33.7 Å².